The van der Waals surface area contributed by atoms with Gasteiger partial charge in [-0.3, -0.25) is 9.78 Å². The molecule has 1 amide bonds. The van der Waals surface area contributed by atoms with Crippen molar-refractivity contribution in [2.24, 2.45) is 5.92 Å². The van der Waals surface area contributed by atoms with Crippen molar-refractivity contribution in [1.82, 2.24) is 9.88 Å². The van der Waals surface area contributed by atoms with E-state index in [1.54, 1.807) is 18.1 Å². The summed E-state index contributed by atoms with van der Waals surface area (Å²) in [5, 5.41) is 0. The van der Waals surface area contributed by atoms with Gasteiger partial charge in [-0.15, -0.1) is 0 Å². The fraction of sp³-hybridized carbons (Fsp3) is 0.500. The van der Waals surface area contributed by atoms with Crippen LogP contribution in [0.4, 0.5) is 0 Å². The molecule has 0 fully saturated rings. The Labute approximate surface area is 105 Å². The molecule has 1 aromatic rings. The van der Waals surface area contributed by atoms with E-state index in [-0.39, 0.29) is 10.7 Å². The molecule has 0 spiro atoms. The highest BCUT2D eigenvalue weighted by Crippen LogP contribution is 2.15. The summed E-state index contributed by atoms with van der Waals surface area (Å²) in [7, 11) is 1.80. The molecule has 1 aromatic heterocycles. The Hall–Kier alpha value is -0.900. The Kier molecular flexibility index (Phi) is 4.93. The first-order chi connectivity index (χ1) is 7.52. The maximum Gasteiger partial charge on any atom is 0.236 e. The minimum atomic E-state index is -0.124. The Morgan fingerprint density at radius 2 is 2.19 bits per heavy atom. The van der Waals surface area contributed by atoms with E-state index < -0.39 is 0 Å². The monoisotopic (exact) mass is 284 g/mol. The Bertz CT molecular complexity index is 340. The van der Waals surface area contributed by atoms with E-state index in [1.807, 2.05) is 32.0 Å². The summed E-state index contributed by atoms with van der Waals surface area (Å²) in [4.78, 5) is 17.7. The SMILES string of the molecule is CC(C)C(Br)C(=O)N(C)Cc1ccccn1. The van der Waals surface area contributed by atoms with Crippen LogP contribution >= 0.6 is 15.9 Å². The summed E-state index contributed by atoms with van der Waals surface area (Å²) < 4.78 is 0. The zero-order valence-electron chi connectivity index (χ0n) is 9.85. The number of halogens is 1. The second-order valence-electron chi connectivity index (χ2n) is 4.16. The molecule has 0 N–H and O–H groups in total. The molecule has 0 aromatic carbocycles. The maximum atomic E-state index is 11.9. The molecular weight excluding hydrogens is 268 g/mol. The van der Waals surface area contributed by atoms with Gasteiger partial charge in [-0.05, 0) is 18.1 Å². The first kappa shape index (κ1) is 13.2. The highest BCUT2D eigenvalue weighted by atomic mass is 79.9. The Morgan fingerprint density at radius 3 is 2.69 bits per heavy atom. The number of rotatable bonds is 4. The summed E-state index contributed by atoms with van der Waals surface area (Å²) in [6.45, 7) is 4.59. The summed E-state index contributed by atoms with van der Waals surface area (Å²) in [5.41, 5.74) is 0.904. The molecule has 4 heteroatoms. The first-order valence-electron chi connectivity index (χ1n) is 5.31. The molecule has 0 saturated heterocycles. The lowest BCUT2D eigenvalue weighted by atomic mass is 10.1. The van der Waals surface area contributed by atoms with Gasteiger partial charge in [-0.1, -0.05) is 35.8 Å². The molecule has 0 radical (unpaired) electrons. The zero-order chi connectivity index (χ0) is 12.1. The standard InChI is InChI=1S/C12H17BrN2O/c1-9(2)11(13)12(16)15(3)8-10-6-4-5-7-14-10/h4-7,9,11H,8H2,1-3H3. The molecule has 0 aliphatic rings. The number of hydrogen-bond donors (Lipinski definition) is 0. The van der Waals surface area contributed by atoms with E-state index in [1.165, 1.54) is 0 Å². The van der Waals surface area contributed by atoms with E-state index in [0.29, 0.717) is 12.5 Å². The van der Waals surface area contributed by atoms with Crippen LogP contribution in [0, 0.1) is 5.92 Å². The van der Waals surface area contributed by atoms with Crippen molar-refractivity contribution in [3.63, 3.8) is 0 Å². The lowest BCUT2D eigenvalue weighted by molar-refractivity contribution is -0.130. The molecule has 1 heterocycles. The van der Waals surface area contributed by atoms with Crippen LogP contribution in [-0.4, -0.2) is 27.7 Å². The van der Waals surface area contributed by atoms with E-state index in [9.17, 15) is 4.79 Å². The number of carbonyl (C=O) groups excluding carboxylic acids is 1. The van der Waals surface area contributed by atoms with E-state index >= 15 is 0 Å². The normalized spacial score (nSPS) is 12.6. The Balaban J connectivity index is 2.59. The number of amides is 1. The minimum Gasteiger partial charge on any atom is -0.339 e. The minimum absolute atomic E-state index is 0.0978. The van der Waals surface area contributed by atoms with Crippen molar-refractivity contribution >= 4 is 21.8 Å². The molecule has 1 rings (SSSR count). The van der Waals surface area contributed by atoms with Crippen LogP contribution in [0.1, 0.15) is 19.5 Å². The number of aromatic nitrogens is 1. The average molecular weight is 285 g/mol. The molecule has 88 valence electrons. The number of pyridine rings is 1. The summed E-state index contributed by atoms with van der Waals surface area (Å²) in [5.74, 6) is 0.388. The van der Waals surface area contributed by atoms with E-state index in [4.69, 9.17) is 0 Å². The lowest BCUT2D eigenvalue weighted by Crippen LogP contribution is -2.35. The quantitative estimate of drug-likeness (QED) is 0.796. The molecule has 16 heavy (non-hydrogen) atoms. The molecular formula is C12H17BrN2O. The molecule has 0 aliphatic carbocycles. The van der Waals surface area contributed by atoms with Gasteiger partial charge in [-0.2, -0.15) is 0 Å². The van der Waals surface area contributed by atoms with Gasteiger partial charge < -0.3 is 4.90 Å². The van der Waals surface area contributed by atoms with Gasteiger partial charge in [0.2, 0.25) is 5.91 Å². The van der Waals surface area contributed by atoms with Crippen LogP contribution in [0.25, 0.3) is 0 Å². The fourth-order valence-electron chi connectivity index (χ4n) is 1.31. The van der Waals surface area contributed by atoms with Crippen LogP contribution < -0.4 is 0 Å². The van der Waals surface area contributed by atoms with Gasteiger partial charge in [-0.25, -0.2) is 0 Å². The number of nitrogens with zero attached hydrogens (tertiary/aromatic N) is 2. The number of carbonyl (C=O) groups is 1. The second-order valence-corrected chi connectivity index (χ2v) is 5.15. The van der Waals surface area contributed by atoms with Crippen molar-refractivity contribution in [3.8, 4) is 0 Å². The van der Waals surface area contributed by atoms with Crippen molar-refractivity contribution in [1.29, 1.82) is 0 Å². The Morgan fingerprint density at radius 1 is 1.50 bits per heavy atom. The van der Waals surface area contributed by atoms with Crippen LogP contribution in [0.2, 0.25) is 0 Å². The molecule has 1 atom stereocenters. The third-order valence-corrected chi connectivity index (χ3v) is 3.77. The lowest BCUT2D eigenvalue weighted by Gasteiger charge is -2.22. The summed E-state index contributed by atoms with van der Waals surface area (Å²) in [6, 6.07) is 5.71. The van der Waals surface area contributed by atoms with Gasteiger partial charge in [0.1, 0.15) is 0 Å². The van der Waals surface area contributed by atoms with Crippen molar-refractivity contribution in [3.05, 3.63) is 30.1 Å². The number of alkyl halides is 1. The zero-order valence-corrected chi connectivity index (χ0v) is 11.4. The van der Waals surface area contributed by atoms with Crippen LogP contribution in [-0.2, 0) is 11.3 Å². The molecule has 0 aliphatic heterocycles. The number of hydrogen-bond acceptors (Lipinski definition) is 2. The molecule has 0 bridgehead atoms. The van der Waals surface area contributed by atoms with Crippen LogP contribution in [0.15, 0.2) is 24.4 Å². The maximum absolute atomic E-state index is 11.9. The van der Waals surface area contributed by atoms with Gasteiger partial charge in [0.25, 0.3) is 0 Å². The van der Waals surface area contributed by atoms with Crippen LogP contribution in [0.5, 0.6) is 0 Å². The van der Waals surface area contributed by atoms with Gasteiger partial charge in [0.15, 0.2) is 0 Å². The van der Waals surface area contributed by atoms with Crippen molar-refractivity contribution in [2.45, 2.75) is 25.2 Å². The summed E-state index contributed by atoms with van der Waals surface area (Å²) in [6.07, 6.45) is 1.74. The largest absolute Gasteiger partial charge is 0.339 e. The van der Waals surface area contributed by atoms with Crippen molar-refractivity contribution < 1.29 is 4.79 Å². The summed E-state index contributed by atoms with van der Waals surface area (Å²) >= 11 is 3.41. The molecule has 1 unspecified atom stereocenters. The smallest absolute Gasteiger partial charge is 0.236 e. The highest BCUT2D eigenvalue weighted by molar-refractivity contribution is 9.10. The van der Waals surface area contributed by atoms with Gasteiger partial charge in [0.05, 0.1) is 17.1 Å². The van der Waals surface area contributed by atoms with E-state index in [2.05, 4.69) is 20.9 Å². The van der Waals surface area contributed by atoms with Crippen LogP contribution in [0.3, 0.4) is 0 Å². The average Bonchev–Trinajstić information content (AvgIpc) is 2.28. The fourth-order valence-corrected chi connectivity index (χ4v) is 1.66. The third-order valence-electron chi connectivity index (χ3n) is 2.32. The second kappa shape index (κ2) is 5.99. The highest BCUT2D eigenvalue weighted by Gasteiger charge is 2.22. The van der Waals surface area contributed by atoms with Gasteiger partial charge >= 0.3 is 0 Å². The topological polar surface area (TPSA) is 33.2 Å². The van der Waals surface area contributed by atoms with E-state index in [0.717, 1.165) is 5.69 Å². The predicted octanol–water partition coefficient (Wildman–Crippen LogP) is 2.46. The molecule has 0 saturated carbocycles. The van der Waals surface area contributed by atoms with Gasteiger partial charge in [0, 0.05) is 13.2 Å². The molecule has 3 nitrogen and oxygen atoms in total. The van der Waals surface area contributed by atoms with Crippen molar-refractivity contribution in [2.75, 3.05) is 7.05 Å². The predicted molar refractivity (Wildman–Crippen MR) is 68.3 cm³/mol. The third kappa shape index (κ3) is 3.59. The first-order valence-corrected chi connectivity index (χ1v) is 6.23.